The number of hydrogen-bond acceptors (Lipinski definition) is 5. The van der Waals surface area contributed by atoms with Crippen molar-refractivity contribution >= 4 is 23.1 Å². The fourth-order valence-corrected chi connectivity index (χ4v) is 3.01. The first-order valence-electron chi connectivity index (χ1n) is 7.15. The summed E-state index contributed by atoms with van der Waals surface area (Å²) >= 11 is 1.20. The van der Waals surface area contributed by atoms with Crippen molar-refractivity contribution < 1.29 is 4.79 Å². The minimum absolute atomic E-state index is 0.0566. The van der Waals surface area contributed by atoms with E-state index in [1.807, 2.05) is 36.1 Å². The van der Waals surface area contributed by atoms with E-state index in [4.69, 9.17) is 5.73 Å². The Balaban J connectivity index is 1.81. The van der Waals surface area contributed by atoms with Crippen LogP contribution in [0.1, 0.15) is 40.7 Å². The maximum absolute atomic E-state index is 12.8. The molecule has 2 aromatic rings. The summed E-state index contributed by atoms with van der Waals surface area (Å²) < 4.78 is 3.92. The highest BCUT2D eigenvalue weighted by Crippen LogP contribution is 2.31. The van der Waals surface area contributed by atoms with Crippen LogP contribution in [0.4, 0.5) is 5.69 Å². The van der Waals surface area contributed by atoms with E-state index in [0.717, 1.165) is 36.2 Å². The van der Waals surface area contributed by atoms with Crippen LogP contribution < -0.4 is 5.73 Å². The molecule has 3 rings (SSSR count). The summed E-state index contributed by atoms with van der Waals surface area (Å²) in [6, 6.07) is 8.04. The fourth-order valence-electron chi connectivity index (χ4n) is 2.31. The van der Waals surface area contributed by atoms with Crippen LogP contribution in [0.3, 0.4) is 0 Å². The number of rotatable bonds is 5. The first-order valence-corrected chi connectivity index (χ1v) is 7.93. The van der Waals surface area contributed by atoms with Gasteiger partial charge in [0.05, 0.1) is 5.69 Å². The molecule has 0 bridgehead atoms. The first kappa shape index (κ1) is 14.0. The predicted octanol–water partition coefficient (Wildman–Crippen LogP) is 2.49. The van der Waals surface area contributed by atoms with Crippen LogP contribution in [0.2, 0.25) is 0 Å². The number of aryl methyl sites for hydroxylation is 1. The van der Waals surface area contributed by atoms with Gasteiger partial charge in [0.2, 0.25) is 0 Å². The minimum atomic E-state index is 0.0566. The molecule has 1 saturated carbocycles. The molecule has 1 heterocycles. The second kappa shape index (κ2) is 5.81. The molecule has 1 fully saturated rings. The number of benzene rings is 1. The van der Waals surface area contributed by atoms with Crippen LogP contribution in [-0.4, -0.2) is 26.4 Å². The fraction of sp³-hybridized carbons (Fsp3) is 0.400. The summed E-state index contributed by atoms with van der Waals surface area (Å²) in [6.45, 7) is 2.61. The summed E-state index contributed by atoms with van der Waals surface area (Å²) in [5, 5.41) is 4.04. The lowest BCUT2D eigenvalue weighted by Crippen LogP contribution is -2.32. The van der Waals surface area contributed by atoms with E-state index < -0.39 is 0 Å². The van der Waals surface area contributed by atoms with E-state index in [1.54, 1.807) is 0 Å². The molecule has 21 heavy (non-hydrogen) atoms. The van der Waals surface area contributed by atoms with E-state index in [2.05, 4.69) is 9.59 Å². The molecule has 0 atom stereocenters. The van der Waals surface area contributed by atoms with Crippen molar-refractivity contribution in [2.75, 3.05) is 5.73 Å². The molecule has 0 unspecified atom stereocenters. The molecular formula is C15H18N4OS. The molecule has 110 valence electrons. The van der Waals surface area contributed by atoms with Crippen molar-refractivity contribution in [1.82, 2.24) is 14.5 Å². The summed E-state index contributed by atoms with van der Waals surface area (Å²) in [5.41, 5.74) is 8.34. The Hall–Kier alpha value is -1.95. The van der Waals surface area contributed by atoms with Crippen molar-refractivity contribution in [2.24, 2.45) is 0 Å². The highest BCUT2D eigenvalue weighted by Gasteiger charge is 2.34. The van der Waals surface area contributed by atoms with Crippen LogP contribution in [0.5, 0.6) is 0 Å². The zero-order valence-electron chi connectivity index (χ0n) is 12.0. The Morgan fingerprint density at radius 2 is 2.10 bits per heavy atom. The number of hydrogen-bond donors (Lipinski definition) is 1. The van der Waals surface area contributed by atoms with Gasteiger partial charge >= 0.3 is 0 Å². The van der Waals surface area contributed by atoms with Crippen LogP contribution >= 0.6 is 11.5 Å². The van der Waals surface area contributed by atoms with Crippen LogP contribution in [0.15, 0.2) is 24.3 Å². The third kappa shape index (κ3) is 3.05. The Morgan fingerprint density at radius 3 is 2.71 bits per heavy atom. The van der Waals surface area contributed by atoms with Gasteiger partial charge in [-0.3, -0.25) is 4.79 Å². The molecule has 6 heteroatoms. The molecular weight excluding hydrogens is 284 g/mol. The van der Waals surface area contributed by atoms with Crippen molar-refractivity contribution in [3.63, 3.8) is 0 Å². The van der Waals surface area contributed by atoms with Crippen molar-refractivity contribution in [3.8, 4) is 0 Å². The molecule has 0 aliphatic heterocycles. The maximum atomic E-state index is 12.8. The van der Waals surface area contributed by atoms with Gasteiger partial charge in [0.15, 0.2) is 0 Å². The van der Waals surface area contributed by atoms with Crippen molar-refractivity contribution in [3.05, 3.63) is 40.4 Å². The lowest BCUT2D eigenvalue weighted by Gasteiger charge is -2.22. The molecule has 1 aliphatic rings. The van der Waals surface area contributed by atoms with E-state index in [1.165, 1.54) is 11.5 Å². The van der Waals surface area contributed by atoms with E-state index >= 15 is 0 Å². The normalized spacial score (nSPS) is 14.1. The van der Waals surface area contributed by atoms with E-state index in [0.29, 0.717) is 17.5 Å². The van der Waals surface area contributed by atoms with E-state index in [9.17, 15) is 4.79 Å². The van der Waals surface area contributed by atoms with Gasteiger partial charge in [0.25, 0.3) is 5.91 Å². The predicted molar refractivity (Wildman–Crippen MR) is 83.0 cm³/mol. The molecule has 5 nitrogen and oxygen atoms in total. The Morgan fingerprint density at radius 1 is 1.38 bits per heavy atom. The molecule has 0 spiro atoms. The maximum Gasteiger partial charge on any atom is 0.268 e. The van der Waals surface area contributed by atoms with Gasteiger partial charge in [0.1, 0.15) is 4.88 Å². The molecule has 0 radical (unpaired) electrons. The summed E-state index contributed by atoms with van der Waals surface area (Å²) in [5.74, 6) is 0.0566. The number of anilines is 1. The first-order chi connectivity index (χ1) is 10.2. The summed E-state index contributed by atoms with van der Waals surface area (Å²) in [7, 11) is 0. The van der Waals surface area contributed by atoms with Crippen molar-refractivity contribution in [2.45, 2.75) is 38.8 Å². The second-order valence-electron chi connectivity index (χ2n) is 5.31. The smallest absolute Gasteiger partial charge is 0.268 e. The summed E-state index contributed by atoms with van der Waals surface area (Å²) in [6.07, 6.45) is 2.89. The SMILES string of the molecule is CCc1nnsc1C(=O)N(Cc1ccc(N)cc1)C1CC1. The van der Waals surface area contributed by atoms with E-state index in [-0.39, 0.29) is 5.91 Å². The number of carbonyl (C=O) groups is 1. The number of amides is 1. The van der Waals surface area contributed by atoms with Crippen LogP contribution in [0.25, 0.3) is 0 Å². The highest BCUT2D eigenvalue weighted by atomic mass is 32.1. The molecule has 0 saturated heterocycles. The van der Waals surface area contributed by atoms with Gasteiger partial charge in [-0.05, 0) is 48.5 Å². The van der Waals surface area contributed by atoms with Gasteiger partial charge in [-0.1, -0.05) is 23.5 Å². The van der Waals surface area contributed by atoms with Crippen molar-refractivity contribution in [1.29, 1.82) is 0 Å². The Labute approximate surface area is 127 Å². The summed E-state index contributed by atoms with van der Waals surface area (Å²) in [4.78, 5) is 15.4. The monoisotopic (exact) mass is 302 g/mol. The van der Waals surface area contributed by atoms with Crippen LogP contribution in [0, 0.1) is 0 Å². The lowest BCUT2D eigenvalue weighted by molar-refractivity contribution is 0.0733. The lowest BCUT2D eigenvalue weighted by atomic mass is 10.2. The van der Waals surface area contributed by atoms with Gasteiger partial charge in [-0.15, -0.1) is 5.10 Å². The highest BCUT2D eigenvalue weighted by molar-refractivity contribution is 7.08. The Kier molecular flexibility index (Phi) is 3.88. The average molecular weight is 302 g/mol. The number of nitrogens with zero attached hydrogens (tertiary/aromatic N) is 3. The molecule has 1 amide bonds. The standard InChI is InChI=1S/C15H18N4OS/c1-2-13-14(21-18-17-13)15(20)19(12-7-8-12)9-10-3-5-11(16)6-4-10/h3-6,12H,2,7-9,16H2,1H3. The molecule has 1 aliphatic carbocycles. The largest absolute Gasteiger partial charge is 0.399 e. The zero-order valence-corrected chi connectivity index (χ0v) is 12.8. The number of aromatic nitrogens is 2. The van der Waals surface area contributed by atoms with Gasteiger partial charge in [-0.25, -0.2) is 0 Å². The molecule has 1 aromatic carbocycles. The quantitative estimate of drug-likeness (QED) is 0.861. The number of nitrogen functional groups attached to an aromatic ring is 1. The Bertz CT molecular complexity index is 633. The van der Waals surface area contributed by atoms with Gasteiger partial charge in [-0.2, -0.15) is 0 Å². The second-order valence-corrected chi connectivity index (χ2v) is 6.06. The zero-order chi connectivity index (χ0) is 14.8. The van der Waals surface area contributed by atoms with Gasteiger partial charge < -0.3 is 10.6 Å². The average Bonchev–Trinajstić information content (AvgIpc) is 3.22. The minimum Gasteiger partial charge on any atom is -0.399 e. The third-order valence-corrected chi connectivity index (χ3v) is 4.42. The number of nitrogens with two attached hydrogens (primary N) is 1. The topological polar surface area (TPSA) is 72.1 Å². The molecule has 1 aromatic heterocycles. The van der Waals surface area contributed by atoms with Gasteiger partial charge in [0, 0.05) is 18.3 Å². The third-order valence-electron chi connectivity index (χ3n) is 3.67. The molecule has 2 N–H and O–H groups in total. The van der Waals surface area contributed by atoms with Crippen LogP contribution in [-0.2, 0) is 13.0 Å². The number of carbonyl (C=O) groups excluding carboxylic acids is 1.